The summed E-state index contributed by atoms with van der Waals surface area (Å²) in [6, 6.07) is 7.49. The maximum atomic E-state index is 12.4. The second-order valence-corrected chi connectivity index (χ2v) is 7.67. The fourth-order valence-corrected chi connectivity index (χ4v) is 3.99. The van der Waals surface area contributed by atoms with Gasteiger partial charge in [-0.05, 0) is 26.0 Å². The molecule has 2 rings (SSSR count). The summed E-state index contributed by atoms with van der Waals surface area (Å²) in [5, 5.41) is 3.12. The minimum atomic E-state index is -3.01. The summed E-state index contributed by atoms with van der Waals surface area (Å²) < 4.78 is 23.2. The topological polar surface area (TPSA) is 66.5 Å². The highest BCUT2D eigenvalue weighted by Gasteiger charge is 2.27. The lowest BCUT2D eigenvalue weighted by Crippen LogP contribution is -2.48. The first kappa shape index (κ1) is 16.0. The van der Waals surface area contributed by atoms with E-state index in [0.717, 1.165) is 11.3 Å². The van der Waals surface area contributed by atoms with E-state index in [1.165, 1.54) is 0 Å². The van der Waals surface area contributed by atoms with Crippen molar-refractivity contribution in [3.05, 3.63) is 29.8 Å². The van der Waals surface area contributed by atoms with Crippen molar-refractivity contribution < 1.29 is 13.2 Å². The summed E-state index contributed by atoms with van der Waals surface area (Å²) in [5.41, 5.74) is 1.99. The first-order chi connectivity index (χ1) is 9.91. The number of anilines is 1. The number of rotatable bonds is 4. The van der Waals surface area contributed by atoms with Gasteiger partial charge >= 0.3 is 0 Å². The number of carbonyl (C=O) groups is 1. The molecule has 1 aromatic rings. The first-order valence-corrected chi connectivity index (χ1v) is 9.04. The van der Waals surface area contributed by atoms with Crippen LogP contribution >= 0.6 is 0 Å². The molecule has 1 aliphatic rings. The minimum absolute atomic E-state index is 0.0454. The van der Waals surface area contributed by atoms with Gasteiger partial charge in [0.15, 0.2) is 9.84 Å². The Labute approximate surface area is 126 Å². The highest BCUT2D eigenvalue weighted by Crippen LogP contribution is 2.17. The second kappa shape index (κ2) is 6.58. The van der Waals surface area contributed by atoms with Crippen molar-refractivity contribution in [2.45, 2.75) is 26.3 Å². The molecule has 0 aliphatic carbocycles. The molecule has 1 saturated heterocycles. The molecule has 1 aromatic carbocycles. The van der Waals surface area contributed by atoms with Crippen molar-refractivity contribution in [3.63, 3.8) is 0 Å². The van der Waals surface area contributed by atoms with E-state index in [1.807, 2.05) is 38.1 Å². The summed E-state index contributed by atoms with van der Waals surface area (Å²) in [5.74, 6) is 0.160. The Morgan fingerprint density at radius 1 is 1.33 bits per heavy atom. The van der Waals surface area contributed by atoms with Gasteiger partial charge in [0.05, 0.1) is 11.5 Å². The molecule has 21 heavy (non-hydrogen) atoms. The normalized spacial score (nSPS) is 21.0. The summed E-state index contributed by atoms with van der Waals surface area (Å²) in [6.45, 7) is 4.92. The number of hydrogen-bond acceptors (Lipinski definition) is 4. The van der Waals surface area contributed by atoms with Gasteiger partial charge in [-0.2, -0.15) is 0 Å². The first-order valence-electron chi connectivity index (χ1n) is 7.22. The second-order valence-electron chi connectivity index (χ2n) is 5.44. The van der Waals surface area contributed by atoms with E-state index in [0.29, 0.717) is 13.1 Å². The molecule has 0 saturated carbocycles. The molecule has 0 spiro atoms. The Bertz CT molecular complexity index is 596. The molecule has 1 atom stereocenters. The van der Waals surface area contributed by atoms with Gasteiger partial charge in [-0.3, -0.25) is 4.79 Å². The van der Waals surface area contributed by atoms with Crippen LogP contribution in [0.5, 0.6) is 0 Å². The van der Waals surface area contributed by atoms with Crippen LogP contribution in [0, 0.1) is 6.92 Å². The van der Waals surface area contributed by atoms with Crippen molar-refractivity contribution in [2.24, 2.45) is 0 Å². The van der Waals surface area contributed by atoms with E-state index in [9.17, 15) is 13.2 Å². The number of aryl methyl sites for hydroxylation is 1. The van der Waals surface area contributed by atoms with Gasteiger partial charge in [0, 0.05) is 31.2 Å². The van der Waals surface area contributed by atoms with Gasteiger partial charge in [-0.15, -0.1) is 0 Å². The van der Waals surface area contributed by atoms with E-state index in [1.54, 1.807) is 4.90 Å². The fraction of sp³-hybridized carbons (Fsp3) is 0.533. The summed E-state index contributed by atoms with van der Waals surface area (Å²) in [4.78, 5) is 14.1. The maximum Gasteiger partial charge on any atom is 0.228 e. The number of carbonyl (C=O) groups excluding carboxylic acids is 1. The van der Waals surface area contributed by atoms with E-state index < -0.39 is 9.84 Å². The zero-order valence-corrected chi connectivity index (χ0v) is 13.3. The summed E-state index contributed by atoms with van der Waals surface area (Å²) >= 11 is 0. The SMILES string of the molecule is CCN(C(=O)CC1CS(=O)(=O)CCN1)c1ccc(C)cc1. The van der Waals surface area contributed by atoms with E-state index in [-0.39, 0.29) is 29.9 Å². The summed E-state index contributed by atoms with van der Waals surface area (Å²) in [7, 11) is -3.01. The highest BCUT2D eigenvalue weighted by molar-refractivity contribution is 7.91. The van der Waals surface area contributed by atoms with Crippen molar-refractivity contribution in [1.29, 1.82) is 0 Å². The molecule has 0 bridgehead atoms. The van der Waals surface area contributed by atoms with Gasteiger partial charge in [-0.1, -0.05) is 17.7 Å². The Morgan fingerprint density at radius 3 is 2.57 bits per heavy atom. The van der Waals surface area contributed by atoms with Crippen LogP contribution in [-0.4, -0.2) is 45.0 Å². The average Bonchev–Trinajstić information content (AvgIpc) is 2.40. The predicted molar refractivity (Wildman–Crippen MR) is 84.3 cm³/mol. The third kappa shape index (κ3) is 4.28. The molecular weight excluding hydrogens is 288 g/mol. The molecular formula is C15H22N2O3S. The molecule has 6 heteroatoms. The number of nitrogens with zero attached hydrogens (tertiary/aromatic N) is 1. The van der Waals surface area contributed by atoms with Crippen molar-refractivity contribution in [1.82, 2.24) is 5.32 Å². The monoisotopic (exact) mass is 310 g/mol. The quantitative estimate of drug-likeness (QED) is 0.905. The van der Waals surface area contributed by atoms with Crippen molar-refractivity contribution >= 4 is 21.4 Å². The van der Waals surface area contributed by atoms with E-state index in [2.05, 4.69) is 5.32 Å². The Hall–Kier alpha value is -1.40. The van der Waals surface area contributed by atoms with Crippen LogP contribution in [0.1, 0.15) is 18.9 Å². The highest BCUT2D eigenvalue weighted by atomic mass is 32.2. The number of nitrogens with one attached hydrogen (secondary N) is 1. The van der Waals surface area contributed by atoms with Crippen LogP contribution < -0.4 is 10.2 Å². The number of amides is 1. The van der Waals surface area contributed by atoms with Crippen LogP contribution in [0.4, 0.5) is 5.69 Å². The summed E-state index contributed by atoms with van der Waals surface area (Å²) in [6.07, 6.45) is 0.209. The molecule has 0 radical (unpaired) electrons. The molecule has 0 aromatic heterocycles. The smallest absolute Gasteiger partial charge is 0.228 e. The van der Waals surface area contributed by atoms with Crippen LogP contribution in [-0.2, 0) is 14.6 Å². The fourth-order valence-electron chi connectivity index (χ4n) is 2.55. The number of hydrogen-bond donors (Lipinski definition) is 1. The zero-order valence-electron chi connectivity index (χ0n) is 12.5. The third-order valence-corrected chi connectivity index (χ3v) is 5.42. The minimum Gasteiger partial charge on any atom is -0.313 e. The van der Waals surface area contributed by atoms with Crippen molar-refractivity contribution in [3.8, 4) is 0 Å². The maximum absolute atomic E-state index is 12.4. The lowest BCUT2D eigenvalue weighted by molar-refractivity contribution is -0.118. The molecule has 1 amide bonds. The lowest BCUT2D eigenvalue weighted by Gasteiger charge is -2.27. The standard InChI is InChI=1S/C15H22N2O3S/c1-3-17(14-6-4-12(2)5-7-14)15(18)10-13-11-21(19,20)9-8-16-13/h4-7,13,16H,3,8-11H2,1-2H3. The third-order valence-electron chi connectivity index (χ3n) is 3.69. The Balaban J connectivity index is 2.05. The van der Waals surface area contributed by atoms with Crippen LogP contribution in [0.3, 0.4) is 0 Å². The van der Waals surface area contributed by atoms with Gasteiger partial charge < -0.3 is 10.2 Å². The van der Waals surface area contributed by atoms with Gasteiger partial charge in [0.1, 0.15) is 0 Å². The molecule has 1 N–H and O–H groups in total. The van der Waals surface area contributed by atoms with Gasteiger partial charge in [-0.25, -0.2) is 8.42 Å². The molecule has 1 heterocycles. The zero-order chi connectivity index (χ0) is 15.5. The Kier molecular flexibility index (Phi) is 5.00. The van der Waals surface area contributed by atoms with E-state index in [4.69, 9.17) is 0 Å². The average molecular weight is 310 g/mol. The van der Waals surface area contributed by atoms with Gasteiger partial charge in [0.2, 0.25) is 5.91 Å². The van der Waals surface area contributed by atoms with Crippen LogP contribution in [0.15, 0.2) is 24.3 Å². The molecule has 1 fully saturated rings. The molecule has 5 nitrogen and oxygen atoms in total. The predicted octanol–water partition coefficient (Wildman–Crippen LogP) is 1.12. The largest absolute Gasteiger partial charge is 0.313 e. The van der Waals surface area contributed by atoms with Crippen LogP contribution in [0.2, 0.25) is 0 Å². The molecule has 1 aliphatic heterocycles. The number of sulfone groups is 1. The molecule has 1 unspecified atom stereocenters. The Morgan fingerprint density at radius 2 is 2.00 bits per heavy atom. The van der Waals surface area contributed by atoms with E-state index >= 15 is 0 Å². The lowest BCUT2D eigenvalue weighted by atomic mass is 10.1. The molecule has 116 valence electrons. The van der Waals surface area contributed by atoms with Crippen molar-refractivity contribution in [2.75, 3.05) is 29.5 Å². The van der Waals surface area contributed by atoms with Crippen LogP contribution in [0.25, 0.3) is 0 Å². The number of benzene rings is 1. The van der Waals surface area contributed by atoms with Gasteiger partial charge in [0.25, 0.3) is 0 Å².